The SMILES string of the molecule is COC(=O)[C@]12CCC=C3C=CC(=O)N(CCCC1=O)C32. The number of ketones is 1. The summed E-state index contributed by atoms with van der Waals surface area (Å²) in [5.41, 5.74) is -0.327. The van der Waals surface area contributed by atoms with Crippen LogP contribution >= 0.6 is 0 Å². The van der Waals surface area contributed by atoms with E-state index in [4.69, 9.17) is 4.74 Å². The monoisotopic (exact) mass is 275 g/mol. The van der Waals surface area contributed by atoms with Crippen LogP contribution in [0.1, 0.15) is 25.7 Å². The number of amides is 1. The van der Waals surface area contributed by atoms with Gasteiger partial charge in [-0.15, -0.1) is 0 Å². The van der Waals surface area contributed by atoms with Crippen molar-refractivity contribution in [1.82, 2.24) is 4.90 Å². The fourth-order valence-corrected chi connectivity index (χ4v) is 3.67. The number of rotatable bonds is 1. The molecule has 1 unspecified atom stereocenters. The number of ether oxygens (including phenoxy) is 1. The number of hydrogen-bond donors (Lipinski definition) is 0. The molecular weight excluding hydrogens is 258 g/mol. The standard InChI is InChI=1S/C15H17NO4/c1-20-14(19)15-8-2-4-10-6-7-12(18)16(13(10)15)9-3-5-11(15)17/h4,6-7,13H,2-3,5,8-9H2,1H3/t13?,15-/m1/s1. The minimum Gasteiger partial charge on any atom is -0.468 e. The maximum Gasteiger partial charge on any atom is 0.321 e. The van der Waals surface area contributed by atoms with Crippen molar-refractivity contribution < 1.29 is 19.1 Å². The quantitative estimate of drug-likeness (QED) is 0.529. The highest BCUT2D eigenvalue weighted by Gasteiger charge is 2.58. The van der Waals surface area contributed by atoms with E-state index in [1.807, 2.05) is 6.08 Å². The van der Waals surface area contributed by atoms with Gasteiger partial charge in [0.1, 0.15) is 0 Å². The molecule has 1 fully saturated rings. The van der Waals surface area contributed by atoms with E-state index in [9.17, 15) is 14.4 Å². The normalized spacial score (nSPS) is 32.4. The van der Waals surface area contributed by atoms with Gasteiger partial charge in [0.15, 0.2) is 11.2 Å². The Morgan fingerprint density at radius 2 is 2.20 bits per heavy atom. The zero-order valence-corrected chi connectivity index (χ0v) is 11.4. The summed E-state index contributed by atoms with van der Waals surface area (Å²) in [6.07, 6.45) is 7.26. The molecule has 0 bridgehead atoms. The largest absolute Gasteiger partial charge is 0.468 e. The summed E-state index contributed by atoms with van der Waals surface area (Å²) in [6, 6.07) is -0.490. The second-order valence-electron chi connectivity index (χ2n) is 5.50. The second kappa shape index (κ2) is 4.58. The smallest absolute Gasteiger partial charge is 0.321 e. The van der Waals surface area contributed by atoms with E-state index < -0.39 is 17.4 Å². The van der Waals surface area contributed by atoms with Crippen LogP contribution in [0.4, 0.5) is 0 Å². The average molecular weight is 275 g/mol. The number of Topliss-reactive ketones (excluding diaryl/α,β-unsaturated/α-hetero) is 1. The maximum atomic E-state index is 12.6. The Bertz CT molecular complexity index is 548. The summed E-state index contributed by atoms with van der Waals surface area (Å²) in [5.74, 6) is -0.726. The summed E-state index contributed by atoms with van der Waals surface area (Å²) in [4.78, 5) is 38.8. The van der Waals surface area contributed by atoms with Crippen LogP contribution in [0.5, 0.6) is 0 Å². The zero-order valence-electron chi connectivity index (χ0n) is 11.4. The van der Waals surface area contributed by atoms with Gasteiger partial charge in [-0.1, -0.05) is 12.2 Å². The van der Waals surface area contributed by atoms with Gasteiger partial charge in [0.2, 0.25) is 5.91 Å². The fraction of sp³-hybridized carbons (Fsp3) is 0.533. The number of esters is 1. The second-order valence-corrected chi connectivity index (χ2v) is 5.50. The Hall–Kier alpha value is -1.91. The van der Waals surface area contributed by atoms with Crippen LogP contribution in [-0.4, -0.2) is 42.3 Å². The summed E-state index contributed by atoms with van der Waals surface area (Å²) in [6.45, 7) is 0.510. The van der Waals surface area contributed by atoms with Crippen molar-refractivity contribution in [2.45, 2.75) is 31.7 Å². The number of methoxy groups -OCH3 is 1. The molecule has 0 aromatic carbocycles. The molecule has 0 saturated carbocycles. The first-order chi connectivity index (χ1) is 9.61. The topological polar surface area (TPSA) is 63.7 Å². The third kappa shape index (κ3) is 1.58. The summed E-state index contributed by atoms with van der Waals surface area (Å²) in [7, 11) is 1.30. The van der Waals surface area contributed by atoms with Crippen LogP contribution in [0, 0.1) is 5.41 Å². The Morgan fingerprint density at radius 3 is 2.95 bits per heavy atom. The van der Waals surface area contributed by atoms with E-state index in [0.717, 1.165) is 5.57 Å². The summed E-state index contributed by atoms with van der Waals surface area (Å²) >= 11 is 0. The van der Waals surface area contributed by atoms with E-state index >= 15 is 0 Å². The van der Waals surface area contributed by atoms with Crippen LogP contribution in [-0.2, 0) is 19.1 Å². The third-order valence-corrected chi connectivity index (χ3v) is 4.56. The molecule has 0 spiro atoms. The van der Waals surface area contributed by atoms with Gasteiger partial charge in [0.05, 0.1) is 13.2 Å². The highest BCUT2D eigenvalue weighted by Crippen LogP contribution is 2.46. The maximum absolute atomic E-state index is 12.6. The van der Waals surface area contributed by atoms with Gasteiger partial charge in [-0.2, -0.15) is 0 Å². The van der Waals surface area contributed by atoms with Crippen molar-refractivity contribution >= 4 is 17.7 Å². The molecule has 0 aromatic heterocycles. The molecule has 1 saturated heterocycles. The molecule has 3 aliphatic rings. The molecule has 106 valence electrons. The molecule has 1 amide bonds. The minimum absolute atomic E-state index is 0.0921. The molecule has 2 aliphatic heterocycles. The molecule has 0 N–H and O–H groups in total. The molecule has 0 aromatic rings. The Labute approximate surface area is 117 Å². The lowest BCUT2D eigenvalue weighted by molar-refractivity contribution is -0.163. The van der Waals surface area contributed by atoms with Crippen molar-refractivity contribution in [2.24, 2.45) is 5.41 Å². The van der Waals surface area contributed by atoms with Gasteiger partial charge < -0.3 is 9.64 Å². The van der Waals surface area contributed by atoms with Crippen LogP contribution in [0.3, 0.4) is 0 Å². The molecule has 1 aliphatic carbocycles. The summed E-state index contributed by atoms with van der Waals surface area (Å²) < 4.78 is 4.93. The number of carbonyl (C=O) groups is 3. The Kier molecular flexibility index (Phi) is 3.00. The summed E-state index contributed by atoms with van der Waals surface area (Å²) in [5, 5.41) is 0. The lowest BCUT2D eigenvalue weighted by atomic mass is 9.65. The first kappa shape index (κ1) is 13.1. The van der Waals surface area contributed by atoms with Gasteiger partial charge in [-0.25, -0.2) is 0 Å². The van der Waals surface area contributed by atoms with Gasteiger partial charge in [-0.3, -0.25) is 14.4 Å². The number of nitrogens with zero attached hydrogens (tertiary/aromatic N) is 1. The van der Waals surface area contributed by atoms with Crippen molar-refractivity contribution in [3.8, 4) is 0 Å². The first-order valence-corrected chi connectivity index (χ1v) is 6.91. The predicted octanol–water partition coefficient (Wildman–Crippen LogP) is 0.996. The Balaban J connectivity index is 2.20. The van der Waals surface area contributed by atoms with Crippen LogP contribution in [0.25, 0.3) is 0 Å². The lowest BCUT2D eigenvalue weighted by Gasteiger charge is -2.45. The highest BCUT2D eigenvalue weighted by atomic mass is 16.5. The van der Waals surface area contributed by atoms with E-state index in [1.54, 1.807) is 11.0 Å². The lowest BCUT2D eigenvalue weighted by Crippen LogP contribution is -2.59. The molecule has 2 heterocycles. The molecule has 3 rings (SSSR count). The molecule has 5 heteroatoms. The van der Waals surface area contributed by atoms with Gasteiger partial charge in [0.25, 0.3) is 0 Å². The van der Waals surface area contributed by atoms with E-state index in [2.05, 4.69) is 0 Å². The molecule has 20 heavy (non-hydrogen) atoms. The van der Waals surface area contributed by atoms with E-state index in [1.165, 1.54) is 13.2 Å². The molecule has 0 radical (unpaired) electrons. The van der Waals surface area contributed by atoms with Crippen molar-refractivity contribution in [3.63, 3.8) is 0 Å². The molecule has 5 nitrogen and oxygen atoms in total. The fourth-order valence-electron chi connectivity index (χ4n) is 3.67. The number of hydrogen-bond acceptors (Lipinski definition) is 4. The first-order valence-electron chi connectivity index (χ1n) is 6.91. The molecular formula is C15H17NO4. The van der Waals surface area contributed by atoms with Crippen LogP contribution in [0.15, 0.2) is 23.8 Å². The van der Waals surface area contributed by atoms with Crippen molar-refractivity contribution in [3.05, 3.63) is 23.8 Å². The third-order valence-electron chi connectivity index (χ3n) is 4.56. The van der Waals surface area contributed by atoms with Crippen LogP contribution in [0.2, 0.25) is 0 Å². The van der Waals surface area contributed by atoms with Gasteiger partial charge in [-0.05, 0) is 24.8 Å². The van der Waals surface area contributed by atoms with Crippen molar-refractivity contribution in [1.29, 1.82) is 0 Å². The van der Waals surface area contributed by atoms with E-state index in [-0.39, 0.29) is 11.7 Å². The highest BCUT2D eigenvalue weighted by molar-refractivity contribution is 6.07. The average Bonchev–Trinajstić information content (AvgIpc) is 2.62. The van der Waals surface area contributed by atoms with Crippen LogP contribution < -0.4 is 0 Å². The van der Waals surface area contributed by atoms with Gasteiger partial charge >= 0.3 is 5.97 Å². The number of carbonyl (C=O) groups excluding carboxylic acids is 3. The number of allylic oxidation sites excluding steroid dienone is 1. The molecule has 2 atom stereocenters. The van der Waals surface area contributed by atoms with E-state index in [0.29, 0.717) is 32.2 Å². The van der Waals surface area contributed by atoms with Crippen molar-refractivity contribution in [2.75, 3.05) is 13.7 Å². The van der Waals surface area contributed by atoms with Gasteiger partial charge in [0, 0.05) is 19.0 Å². The Morgan fingerprint density at radius 1 is 1.40 bits per heavy atom. The minimum atomic E-state index is -1.21. The zero-order chi connectivity index (χ0) is 14.3. The predicted molar refractivity (Wildman–Crippen MR) is 70.6 cm³/mol.